The first kappa shape index (κ1) is 47.7. The molecule has 0 spiro atoms. The van der Waals surface area contributed by atoms with E-state index in [9.17, 15) is 19.5 Å². The number of unbranched alkanes of at least 4 members (excludes halogenated alkanes) is 12. The molecule has 17 heteroatoms. The molecule has 246 valence electrons. The van der Waals surface area contributed by atoms with Gasteiger partial charge in [-0.1, -0.05) is 84.0 Å². The van der Waals surface area contributed by atoms with E-state index in [1.54, 1.807) is 0 Å². The zero-order chi connectivity index (χ0) is 32.1. The topological polar surface area (TPSA) is 254 Å². The summed E-state index contributed by atoms with van der Waals surface area (Å²) in [6.45, 7) is 2.16. The number of carboxylic acids is 1. The van der Waals surface area contributed by atoms with Gasteiger partial charge < -0.3 is 59.2 Å². The minimum absolute atomic E-state index is 0. The fourth-order valence-corrected chi connectivity index (χ4v) is 4.57. The van der Waals surface area contributed by atoms with E-state index in [1.807, 2.05) is 0 Å². The number of carbonyl (C=O) groups excluding carboxylic acids is 3. The molecule has 0 aromatic heterocycles. The zero-order valence-corrected chi connectivity index (χ0v) is 29.5. The Morgan fingerprint density at radius 3 is 1.73 bits per heavy atom. The van der Waals surface area contributed by atoms with Gasteiger partial charge >= 0.3 is 52.1 Å². The van der Waals surface area contributed by atoms with Crippen LogP contribution in [0.15, 0.2) is 11.5 Å². The molecule has 1 amide bonds. The van der Waals surface area contributed by atoms with E-state index in [2.05, 4.69) is 11.7 Å². The van der Waals surface area contributed by atoms with Crippen LogP contribution in [-0.4, -0.2) is 121 Å². The number of carbonyl (C=O) groups is 3. The molecule has 0 radical (unpaired) electrons. The van der Waals surface area contributed by atoms with E-state index in [4.69, 9.17) is 39.7 Å². The van der Waals surface area contributed by atoms with E-state index < -0.39 is 56.1 Å². The molecule has 0 aliphatic carbocycles. The average Bonchev–Trinajstić information content (AvgIpc) is 3.52. The monoisotopic (exact) mass is 671 g/mol. The van der Waals surface area contributed by atoms with Crippen molar-refractivity contribution in [3.8, 4) is 0 Å². The number of phosphoric acid groups is 1. The van der Waals surface area contributed by atoms with Gasteiger partial charge in [0.25, 0.3) is 0 Å². The van der Waals surface area contributed by atoms with Gasteiger partial charge in [-0.25, -0.2) is 4.79 Å². The molecule has 0 aromatic carbocycles. The molecule has 44 heavy (non-hydrogen) atoms. The number of aliphatic carboxylic acids is 1. The number of nitrogens with zero attached hydrogens (tertiary/aromatic N) is 1. The van der Waals surface area contributed by atoms with Crippen LogP contribution in [0.2, 0.25) is 0 Å². The number of esters is 1. The smallest absolute Gasteiger partial charge is 0.822 e. The largest absolute Gasteiger partial charge is 2.00 e. The maximum Gasteiger partial charge on any atom is 2.00 e. The van der Waals surface area contributed by atoms with Gasteiger partial charge in [-0.05, 0) is 19.3 Å². The van der Waals surface area contributed by atoms with E-state index >= 15 is 0 Å². The Bertz CT molecular complexity index is 880. The van der Waals surface area contributed by atoms with Gasteiger partial charge in [-0.15, -0.1) is 0 Å². The average molecular weight is 672 g/mol. The predicted octanol–water partition coefficient (Wildman–Crippen LogP) is -0.785. The molecule has 0 unspecified atom stereocenters. The van der Waals surface area contributed by atoms with Crippen LogP contribution in [-0.2, 0) is 23.7 Å². The Morgan fingerprint density at radius 2 is 1.36 bits per heavy atom. The number of cyclic esters (lactones) is 1. The Labute approximate surface area is 291 Å². The van der Waals surface area contributed by atoms with Gasteiger partial charge in [0, 0.05) is 13.0 Å². The van der Waals surface area contributed by atoms with E-state index in [0.717, 1.165) is 19.3 Å². The summed E-state index contributed by atoms with van der Waals surface area (Å²) in [7, 11) is -5.39. The van der Waals surface area contributed by atoms with Crippen molar-refractivity contribution in [2.75, 3.05) is 13.2 Å². The fourth-order valence-electron chi connectivity index (χ4n) is 4.57. The molecule has 1 fully saturated rings. The summed E-state index contributed by atoms with van der Waals surface area (Å²) in [4.78, 5) is 60.8. The molecule has 2 aliphatic rings. The summed E-state index contributed by atoms with van der Waals surface area (Å²) in [6, 6.07) is -0.686. The zero-order valence-electron chi connectivity index (χ0n) is 25.7. The molecule has 2 rings (SSSR count). The molecule has 0 bridgehead atoms. The first-order chi connectivity index (χ1) is 19.7. The van der Waals surface area contributed by atoms with Crippen molar-refractivity contribution in [2.45, 2.75) is 128 Å². The Kier molecular flexibility index (Phi) is 29.7. The molecule has 0 saturated carbocycles. The Morgan fingerprint density at radius 1 is 0.932 bits per heavy atom. The molecule has 4 N–H and O–H groups in total. The minimum atomic E-state index is -5.39. The van der Waals surface area contributed by atoms with Crippen LogP contribution in [0.5, 0.6) is 0 Å². The van der Waals surface area contributed by atoms with Gasteiger partial charge in [0.2, 0.25) is 11.7 Å². The van der Waals surface area contributed by atoms with Crippen LogP contribution >= 0.6 is 7.82 Å². The fraction of sp³-hybridized carbons (Fsp3) is 0.815. The molecule has 2 aliphatic heterocycles. The summed E-state index contributed by atoms with van der Waals surface area (Å²) in [6.07, 6.45) is 15.7. The van der Waals surface area contributed by atoms with Crippen molar-refractivity contribution < 1.29 is 63.9 Å². The van der Waals surface area contributed by atoms with Crippen LogP contribution in [0.1, 0.15) is 110 Å². The minimum Gasteiger partial charge on any atom is -0.822 e. The standard InChI is InChI=1S/C21H39NO3.C6H8O6.2Mg.H3O4P/c1-2-3-4-5-6-7-8-9-10-11-12-13-14-17-20(23)22-18-15-16-19(22)21(24)25;7-1-2(8)5-3(9)4(10)6(11)12-5;;;1-5(2,3)4/h19H,2-18H2,1H3,(H,24,25);2,5,7-10H,1H2;;;(H3,1,2,3,4)/q;;2*+2;/p-4/t19-;2-,5+;;;/m00.../s1. The second kappa shape index (κ2) is 27.4. The molecule has 0 aromatic rings. The molecule has 1 saturated heterocycles. The number of amides is 1. The number of likely N-dealkylation sites (tertiary alicyclic amines) is 1. The normalized spacial score (nSPS) is 18.1. The quantitative estimate of drug-likeness (QED) is 0.0641. The third kappa shape index (κ3) is 22.8. The third-order valence-electron chi connectivity index (χ3n) is 6.82. The number of rotatable bonds is 17. The first-order valence-electron chi connectivity index (χ1n) is 14.6. The maximum absolute atomic E-state index is 12.1. The van der Waals surface area contributed by atoms with Crippen LogP contribution in [0.25, 0.3) is 0 Å². The Balaban J connectivity index is -0.000000735. The van der Waals surface area contributed by atoms with Crippen molar-refractivity contribution >= 4 is 71.8 Å². The predicted molar refractivity (Wildman–Crippen MR) is 154 cm³/mol. The van der Waals surface area contributed by atoms with Crippen molar-refractivity contribution in [3.63, 3.8) is 0 Å². The second-order valence-corrected chi connectivity index (χ2v) is 11.2. The van der Waals surface area contributed by atoms with Gasteiger partial charge in [0.15, 0.2) is 11.9 Å². The number of aliphatic hydroxyl groups excluding tert-OH is 4. The molecule has 3 atom stereocenters. The number of aliphatic hydroxyl groups is 4. The van der Waals surface area contributed by atoms with Crippen LogP contribution < -0.4 is 19.8 Å². The number of carboxylic acid groups (broad SMARTS) is 1. The summed E-state index contributed by atoms with van der Waals surface area (Å²) < 4.78 is 12.9. The molecule has 2 heterocycles. The molecule has 14 nitrogen and oxygen atoms in total. The summed E-state index contributed by atoms with van der Waals surface area (Å²) in [5.74, 6) is -3.88. The van der Waals surface area contributed by atoms with Crippen LogP contribution in [0.3, 0.4) is 0 Å². The number of ether oxygens (including phenoxy) is 1. The summed E-state index contributed by atoms with van der Waals surface area (Å²) >= 11 is 0. The van der Waals surface area contributed by atoms with Crippen LogP contribution in [0.4, 0.5) is 0 Å². The first-order valence-corrected chi connectivity index (χ1v) is 16.1. The van der Waals surface area contributed by atoms with Crippen LogP contribution in [0, 0.1) is 0 Å². The van der Waals surface area contributed by atoms with Gasteiger partial charge in [0.05, 0.1) is 18.6 Å². The maximum atomic E-state index is 12.1. The molecular weight excluding hydrogens is 626 g/mol. The van der Waals surface area contributed by atoms with E-state index in [-0.39, 0.29) is 52.0 Å². The second-order valence-electron chi connectivity index (χ2n) is 10.3. The van der Waals surface area contributed by atoms with E-state index in [1.165, 1.54) is 75.5 Å². The SMILES string of the molecule is CCCCCCCCCCCCCCCC(=O)N1CCC[C@H]1C(=O)[O-].O=C1O[C@H]([C@@H](O)CO)C(O)=C1O.O=P([O-])([O-])[O-].[Mg+2].[Mg+2]. The van der Waals surface area contributed by atoms with Gasteiger partial charge in [-0.3, -0.25) is 4.79 Å². The summed E-state index contributed by atoms with van der Waals surface area (Å²) in [5.41, 5.74) is 0. The Hall–Kier alpha value is -0.688. The van der Waals surface area contributed by atoms with Crippen molar-refractivity contribution in [3.05, 3.63) is 11.5 Å². The van der Waals surface area contributed by atoms with Gasteiger partial charge in [-0.2, -0.15) is 7.82 Å². The van der Waals surface area contributed by atoms with E-state index in [0.29, 0.717) is 19.4 Å². The summed E-state index contributed by atoms with van der Waals surface area (Å²) in [5, 5.41) is 46.0. The van der Waals surface area contributed by atoms with Crippen molar-refractivity contribution in [2.24, 2.45) is 0 Å². The van der Waals surface area contributed by atoms with Gasteiger partial charge in [0.1, 0.15) is 6.10 Å². The van der Waals surface area contributed by atoms with Crippen molar-refractivity contribution in [1.29, 1.82) is 0 Å². The third-order valence-corrected chi connectivity index (χ3v) is 6.82. The number of hydrogen-bond donors (Lipinski definition) is 4. The van der Waals surface area contributed by atoms with Crippen molar-refractivity contribution in [1.82, 2.24) is 4.90 Å². The molecular formula is C27H46Mg2NO13P. The number of hydrogen-bond acceptors (Lipinski definition) is 13.